The lowest BCUT2D eigenvalue weighted by atomic mass is 10.0. The molecule has 0 unspecified atom stereocenters. The molecule has 0 saturated carbocycles. The summed E-state index contributed by atoms with van der Waals surface area (Å²) < 4.78 is 0. The number of anilines is 1. The molecule has 2 aromatic heterocycles. The Balaban J connectivity index is 2.29. The quantitative estimate of drug-likeness (QED) is 0.737. The largest absolute Gasteiger partial charge is 0.310 e. The molecule has 0 aliphatic carbocycles. The molecule has 0 aliphatic rings. The van der Waals surface area contributed by atoms with Crippen LogP contribution in [0.25, 0.3) is 22.2 Å². The minimum Gasteiger partial charge on any atom is -0.310 e. The van der Waals surface area contributed by atoms with E-state index < -0.39 is 0 Å². The van der Waals surface area contributed by atoms with Crippen LogP contribution in [-0.2, 0) is 4.79 Å². The van der Waals surface area contributed by atoms with Gasteiger partial charge in [-0.15, -0.1) is 0 Å². The maximum absolute atomic E-state index is 11.9. The van der Waals surface area contributed by atoms with Crippen LogP contribution in [-0.4, -0.2) is 20.9 Å². The van der Waals surface area contributed by atoms with E-state index in [9.17, 15) is 4.79 Å². The number of aromatic nitrogens is 3. The Morgan fingerprint density at radius 3 is 2.58 bits per heavy atom. The molecule has 3 rings (SSSR count). The van der Waals surface area contributed by atoms with Crippen LogP contribution in [0, 0.1) is 6.92 Å². The van der Waals surface area contributed by atoms with Crippen LogP contribution in [0.2, 0.25) is 10.0 Å². The Bertz CT molecular complexity index is 923. The van der Waals surface area contributed by atoms with Gasteiger partial charge in [-0.3, -0.25) is 4.79 Å². The van der Waals surface area contributed by atoms with Crippen molar-refractivity contribution in [3.63, 3.8) is 0 Å². The molecule has 0 bridgehead atoms. The fourth-order valence-electron chi connectivity index (χ4n) is 2.31. The van der Waals surface area contributed by atoms with Gasteiger partial charge >= 0.3 is 0 Å². The van der Waals surface area contributed by atoms with Gasteiger partial charge in [-0.05, 0) is 25.1 Å². The molecule has 5 nitrogen and oxygen atoms in total. The molecule has 0 spiro atoms. The van der Waals surface area contributed by atoms with Crippen molar-refractivity contribution in [3.8, 4) is 11.1 Å². The molecule has 2 heterocycles. The number of aryl methyl sites for hydroxylation is 1. The third-order valence-corrected chi connectivity index (χ3v) is 4.13. The second-order valence-corrected chi connectivity index (χ2v) is 6.03. The van der Waals surface area contributed by atoms with Crippen molar-refractivity contribution in [1.82, 2.24) is 15.0 Å². The van der Waals surface area contributed by atoms with Crippen molar-refractivity contribution < 1.29 is 4.79 Å². The average molecular weight is 361 g/mol. The summed E-state index contributed by atoms with van der Waals surface area (Å²) in [5, 5.41) is 4.49. The highest BCUT2D eigenvalue weighted by Gasteiger charge is 2.17. The highest BCUT2D eigenvalue weighted by molar-refractivity contribution is 6.39. The molecule has 0 radical (unpaired) electrons. The van der Waals surface area contributed by atoms with Gasteiger partial charge in [-0.1, -0.05) is 36.2 Å². The van der Waals surface area contributed by atoms with E-state index in [1.54, 1.807) is 38.2 Å². The molecule has 1 aromatic carbocycles. The summed E-state index contributed by atoms with van der Waals surface area (Å²) in [7, 11) is 0. The molecule has 1 amide bonds. The number of nitrogens with one attached hydrogen (secondary N) is 1. The average Bonchev–Trinajstić information content (AvgIpc) is 2.55. The molecular formula is C17H14Cl2N4O. The Hall–Kier alpha value is -2.24. The number of carbonyl (C=O) groups is 1. The minimum absolute atomic E-state index is 0.156. The molecule has 0 saturated heterocycles. The highest BCUT2D eigenvalue weighted by Crippen LogP contribution is 2.39. The van der Waals surface area contributed by atoms with E-state index >= 15 is 0 Å². The molecule has 0 fully saturated rings. The van der Waals surface area contributed by atoms with Gasteiger partial charge in [0.15, 0.2) is 5.65 Å². The van der Waals surface area contributed by atoms with E-state index in [0.29, 0.717) is 44.9 Å². The van der Waals surface area contributed by atoms with E-state index in [0.717, 1.165) is 5.39 Å². The topological polar surface area (TPSA) is 67.8 Å². The van der Waals surface area contributed by atoms with Crippen molar-refractivity contribution in [2.24, 2.45) is 0 Å². The van der Waals surface area contributed by atoms with E-state index in [2.05, 4.69) is 20.3 Å². The van der Waals surface area contributed by atoms with Crippen LogP contribution >= 0.6 is 23.2 Å². The van der Waals surface area contributed by atoms with Crippen molar-refractivity contribution in [1.29, 1.82) is 0 Å². The maximum Gasteiger partial charge on any atom is 0.225 e. The standard InChI is InChI=1S/C17H14Cl2N4O/c1-3-14(24)22-17-11(15-12(18)5-4-6-13(15)19)7-10-8-20-9(2)21-16(10)23-17/h4-8H,3H2,1-2H3,(H,20,21,22,23,24). The van der Waals surface area contributed by atoms with Gasteiger partial charge in [0.2, 0.25) is 5.91 Å². The van der Waals surface area contributed by atoms with E-state index in [4.69, 9.17) is 23.2 Å². The SMILES string of the molecule is CCC(=O)Nc1nc2nc(C)ncc2cc1-c1c(Cl)cccc1Cl. The molecule has 0 atom stereocenters. The Kier molecular flexibility index (Phi) is 4.64. The number of amides is 1. The monoisotopic (exact) mass is 360 g/mol. The van der Waals surface area contributed by atoms with E-state index in [1.165, 1.54) is 0 Å². The van der Waals surface area contributed by atoms with Crippen LogP contribution in [0.3, 0.4) is 0 Å². The second kappa shape index (κ2) is 6.71. The molecule has 24 heavy (non-hydrogen) atoms. The van der Waals surface area contributed by atoms with Gasteiger partial charge in [0.05, 0.1) is 10.0 Å². The second-order valence-electron chi connectivity index (χ2n) is 5.21. The summed E-state index contributed by atoms with van der Waals surface area (Å²) in [5.74, 6) is 0.825. The van der Waals surface area contributed by atoms with Gasteiger partial charge in [0.25, 0.3) is 0 Å². The molecule has 3 aromatic rings. The van der Waals surface area contributed by atoms with Gasteiger partial charge < -0.3 is 5.32 Å². The number of hydrogen-bond acceptors (Lipinski definition) is 4. The number of fused-ring (bicyclic) bond motifs is 1. The molecular weight excluding hydrogens is 347 g/mol. The summed E-state index contributed by atoms with van der Waals surface area (Å²) in [6.07, 6.45) is 2.02. The molecule has 7 heteroatoms. The number of benzene rings is 1. The third-order valence-electron chi connectivity index (χ3n) is 3.50. The van der Waals surface area contributed by atoms with Crippen LogP contribution in [0.5, 0.6) is 0 Å². The van der Waals surface area contributed by atoms with Gasteiger partial charge in [-0.25, -0.2) is 15.0 Å². The summed E-state index contributed by atoms with van der Waals surface area (Å²) in [6.45, 7) is 3.55. The first-order valence-electron chi connectivity index (χ1n) is 7.38. The van der Waals surface area contributed by atoms with E-state index in [-0.39, 0.29) is 5.91 Å². The zero-order chi connectivity index (χ0) is 17.3. The van der Waals surface area contributed by atoms with Crippen molar-refractivity contribution in [2.45, 2.75) is 20.3 Å². The third kappa shape index (κ3) is 3.18. The number of halogens is 2. The summed E-state index contributed by atoms with van der Waals surface area (Å²) >= 11 is 12.7. The lowest BCUT2D eigenvalue weighted by molar-refractivity contribution is -0.115. The van der Waals surface area contributed by atoms with Crippen LogP contribution in [0.4, 0.5) is 5.82 Å². The van der Waals surface area contributed by atoms with Crippen molar-refractivity contribution in [3.05, 3.63) is 46.3 Å². The number of pyridine rings is 1. The Labute approximate surface area is 149 Å². The van der Waals surface area contributed by atoms with Crippen molar-refractivity contribution in [2.75, 3.05) is 5.32 Å². The summed E-state index contributed by atoms with van der Waals surface area (Å²) in [5.41, 5.74) is 1.75. The van der Waals surface area contributed by atoms with Gasteiger partial charge in [0.1, 0.15) is 11.6 Å². The molecule has 0 aliphatic heterocycles. The zero-order valence-electron chi connectivity index (χ0n) is 13.1. The number of nitrogens with zero attached hydrogens (tertiary/aromatic N) is 3. The fourth-order valence-corrected chi connectivity index (χ4v) is 2.91. The number of rotatable bonds is 3. The van der Waals surface area contributed by atoms with Gasteiger partial charge in [-0.2, -0.15) is 0 Å². The first-order valence-corrected chi connectivity index (χ1v) is 8.13. The predicted molar refractivity (Wildman–Crippen MR) is 96.4 cm³/mol. The maximum atomic E-state index is 11.9. The zero-order valence-corrected chi connectivity index (χ0v) is 14.6. The Morgan fingerprint density at radius 2 is 1.92 bits per heavy atom. The smallest absolute Gasteiger partial charge is 0.225 e. The summed E-state index contributed by atoms with van der Waals surface area (Å²) in [6, 6.07) is 7.08. The van der Waals surface area contributed by atoms with Crippen molar-refractivity contribution >= 4 is 46.0 Å². The van der Waals surface area contributed by atoms with Crippen LogP contribution < -0.4 is 5.32 Å². The highest BCUT2D eigenvalue weighted by atomic mass is 35.5. The summed E-state index contributed by atoms with van der Waals surface area (Å²) in [4.78, 5) is 24.9. The predicted octanol–water partition coefficient (Wildman–Crippen LogP) is 4.66. The number of carbonyl (C=O) groups excluding carboxylic acids is 1. The Morgan fingerprint density at radius 1 is 1.21 bits per heavy atom. The fraction of sp³-hybridized carbons (Fsp3) is 0.176. The molecule has 122 valence electrons. The number of hydrogen-bond donors (Lipinski definition) is 1. The normalized spacial score (nSPS) is 10.8. The lowest BCUT2D eigenvalue weighted by Crippen LogP contribution is -2.12. The minimum atomic E-state index is -0.156. The van der Waals surface area contributed by atoms with Gasteiger partial charge in [0, 0.05) is 29.1 Å². The first-order chi connectivity index (χ1) is 11.5. The van der Waals surface area contributed by atoms with Crippen LogP contribution in [0.1, 0.15) is 19.2 Å². The van der Waals surface area contributed by atoms with Crippen LogP contribution in [0.15, 0.2) is 30.5 Å². The molecule has 1 N–H and O–H groups in total. The lowest BCUT2D eigenvalue weighted by Gasteiger charge is -2.14. The first kappa shape index (κ1) is 16.6. The van der Waals surface area contributed by atoms with E-state index in [1.807, 2.05) is 6.07 Å².